The van der Waals surface area contributed by atoms with Crippen LogP contribution >= 0.6 is 0 Å². The summed E-state index contributed by atoms with van der Waals surface area (Å²) in [5.41, 5.74) is 15.2. The first-order valence-electron chi connectivity index (χ1n) is 20.2. The van der Waals surface area contributed by atoms with E-state index in [0.717, 1.165) is 0 Å². The van der Waals surface area contributed by atoms with E-state index in [-0.39, 0.29) is 10.8 Å². The molecule has 3 heteroatoms. The molecule has 0 atom stereocenters. The van der Waals surface area contributed by atoms with Gasteiger partial charge in [-0.05, 0) is 91.0 Å². The van der Waals surface area contributed by atoms with Crippen LogP contribution in [0.25, 0.3) is 11.1 Å². The highest BCUT2D eigenvalue weighted by molar-refractivity contribution is 7.22. The third-order valence-electron chi connectivity index (χ3n) is 13.3. The lowest BCUT2D eigenvalue weighted by Gasteiger charge is -2.42. The van der Waals surface area contributed by atoms with E-state index in [1.165, 1.54) is 88.3 Å². The van der Waals surface area contributed by atoms with Crippen molar-refractivity contribution in [3.63, 3.8) is 0 Å². The molecule has 0 unspecified atom stereocenters. The van der Waals surface area contributed by atoms with E-state index >= 15 is 0 Å². The van der Waals surface area contributed by atoms with E-state index < -0.39 is 8.07 Å². The van der Waals surface area contributed by atoms with E-state index in [1.807, 2.05) is 0 Å². The number of benzene rings is 8. The summed E-state index contributed by atoms with van der Waals surface area (Å²) in [5, 5.41) is 5.65. The lowest BCUT2D eigenvalue weighted by Crippen LogP contribution is -2.72. The molecular formula is C54H44N2Si. The molecule has 0 aromatic heterocycles. The van der Waals surface area contributed by atoms with Gasteiger partial charge in [0.15, 0.2) is 8.07 Å². The first-order valence-corrected chi connectivity index (χ1v) is 22.2. The van der Waals surface area contributed by atoms with Crippen molar-refractivity contribution in [1.82, 2.24) is 0 Å². The highest BCUT2D eigenvalue weighted by Crippen LogP contribution is 2.55. The summed E-state index contributed by atoms with van der Waals surface area (Å²) in [5.74, 6) is 0. The number of fused-ring (bicyclic) bond motifs is 7. The average Bonchev–Trinajstić information content (AvgIpc) is 3.56. The fourth-order valence-electron chi connectivity index (χ4n) is 10.7. The second-order valence-electron chi connectivity index (χ2n) is 16.9. The van der Waals surface area contributed by atoms with Crippen LogP contribution in [0.15, 0.2) is 194 Å². The van der Waals surface area contributed by atoms with Crippen molar-refractivity contribution in [3.8, 4) is 11.1 Å². The van der Waals surface area contributed by atoms with Gasteiger partial charge in [0.25, 0.3) is 0 Å². The third-order valence-corrected chi connectivity index (χ3v) is 18.2. The summed E-state index contributed by atoms with van der Waals surface area (Å²) in [6, 6.07) is 73.4. The average molecular weight is 749 g/mol. The molecule has 2 nitrogen and oxygen atoms in total. The summed E-state index contributed by atoms with van der Waals surface area (Å²) in [4.78, 5) is 5.08. The predicted octanol–water partition coefficient (Wildman–Crippen LogP) is 11.3. The number of nitrogens with zero attached hydrogens (tertiary/aromatic N) is 2. The molecule has 0 bridgehead atoms. The topological polar surface area (TPSA) is 6.48 Å². The Morgan fingerprint density at radius 3 is 1.23 bits per heavy atom. The van der Waals surface area contributed by atoms with E-state index in [4.69, 9.17) is 0 Å². The Morgan fingerprint density at radius 2 is 0.754 bits per heavy atom. The van der Waals surface area contributed by atoms with Crippen LogP contribution in [-0.2, 0) is 10.8 Å². The Balaban J connectivity index is 1.24. The lowest BCUT2D eigenvalue weighted by atomic mass is 9.73. The maximum atomic E-state index is 2.57. The van der Waals surface area contributed by atoms with E-state index in [2.05, 4.69) is 232 Å². The summed E-state index contributed by atoms with van der Waals surface area (Å²) in [7, 11) is -2.89. The van der Waals surface area contributed by atoms with Crippen LogP contribution in [0.4, 0.5) is 34.1 Å². The van der Waals surface area contributed by atoms with Crippen molar-refractivity contribution >= 4 is 62.9 Å². The smallest absolute Gasteiger partial charge is 0.181 e. The predicted molar refractivity (Wildman–Crippen MR) is 243 cm³/mol. The molecule has 57 heavy (non-hydrogen) atoms. The van der Waals surface area contributed by atoms with Crippen molar-refractivity contribution in [3.05, 3.63) is 216 Å². The molecule has 3 heterocycles. The fraction of sp³-hybridized carbons (Fsp3) is 0.111. The van der Waals surface area contributed by atoms with E-state index in [9.17, 15) is 0 Å². The van der Waals surface area contributed by atoms with Crippen LogP contribution in [0.2, 0.25) is 0 Å². The summed E-state index contributed by atoms with van der Waals surface area (Å²) in [6.45, 7) is 9.47. The Hall–Kier alpha value is -6.42. The molecular weight excluding hydrogens is 705 g/mol. The molecule has 0 saturated heterocycles. The molecule has 3 aliphatic rings. The van der Waals surface area contributed by atoms with Gasteiger partial charge in [0, 0.05) is 22.1 Å². The zero-order valence-corrected chi connectivity index (χ0v) is 33.9. The standard InChI is InChI=1S/C54H44N2Si/c1-53(2)41-24-11-15-28-45(41)55(46-29-16-12-25-42(46)53)37-34-35-40-51(36-37)57(38-20-7-5-8-21-38,39-22-9-6-10-23-39)50-33-19-32-49(52(40)50)56-47-30-17-13-26-43(47)54(3,4)44-27-14-18-31-48(44)56/h5-36H,1-4H3. The van der Waals surface area contributed by atoms with Crippen molar-refractivity contribution in [2.75, 3.05) is 9.80 Å². The number of para-hydroxylation sites is 4. The molecule has 0 spiro atoms. The van der Waals surface area contributed by atoms with Gasteiger partial charge in [0.2, 0.25) is 0 Å². The molecule has 8 aromatic rings. The highest BCUT2D eigenvalue weighted by atomic mass is 28.3. The Bertz CT molecular complexity index is 2730. The monoisotopic (exact) mass is 748 g/mol. The van der Waals surface area contributed by atoms with Crippen LogP contribution in [-0.4, -0.2) is 8.07 Å². The number of anilines is 6. The molecule has 0 fully saturated rings. The third kappa shape index (κ3) is 4.58. The quantitative estimate of drug-likeness (QED) is 0.165. The Morgan fingerprint density at radius 1 is 0.351 bits per heavy atom. The zero-order chi connectivity index (χ0) is 38.5. The molecule has 3 aliphatic heterocycles. The molecule has 0 amide bonds. The van der Waals surface area contributed by atoms with Gasteiger partial charge < -0.3 is 9.80 Å². The maximum absolute atomic E-state index is 2.89. The Kier molecular flexibility index (Phi) is 7.30. The molecule has 0 aliphatic carbocycles. The first kappa shape index (κ1) is 33.9. The maximum Gasteiger partial charge on any atom is 0.181 e. The SMILES string of the molecule is CC1(C)c2ccccc2N(c2ccc3c(c2)[Si](c2ccccc2)(c2ccccc2)c2cccc(N4c5ccccc5C(C)(C)c5ccccc54)c2-3)c2ccccc21. The minimum Gasteiger partial charge on any atom is -0.310 e. The van der Waals surface area contributed by atoms with Gasteiger partial charge in [-0.2, -0.15) is 0 Å². The van der Waals surface area contributed by atoms with Gasteiger partial charge in [0.05, 0.1) is 28.4 Å². The fourth-order valence-corrected chi connectivity index (χ4v) is 15.9. The molecule has 11 rings (SSSR count). The molecule has 8 aromatic carbocycles. The van der Waals surface area contributed by atoms with Crippen LogP contribution in [0.5, 0.6) is 0 Å². The second-order valence-corrected chi connectivity index (χ2v) is 20.6. The van der Waals surface area contributed by atoms with Crippen LogP contribution < -0.4 is 30.5 Å². The van der Waals surface area contributed by atoms with Gasteiger partial charge in [-0.3, -0.25) is 0 Å². The number of hydrogen-bond donors (Lipinski definition) is 0. The highest BCUT2D eigenvalue weighted by Gasteiger charge is 2.51. The molecule has 0 N–H and O–H groups in total. The van der Waals surface area contributed by atoms with Gasteiger partial charge in [-0.15, -0.1) is 0 Å². The molecule has 274 valence electrons. The Labute approximate surface area is 337 Å². The van der Waals surface area contributed by atoms with Gasteiger partial charge >= 0.3 is 0 Å². The summed E-state index contributed by atoms with van der Waals surface area (Å²) in [6.07, 6.45) is 0. The number of rotatable bonds is 4. The van der Waals surface area contributed by atoms with Gasteiger partial charge in [-0.1, -0.05) is 179 Å². The van der Waals surface area contributed by atoms with Crippen molar-refractivity contribution in [2.45, 2.75) is 38.5 Å². The second kappa shape index (κ2) is 12.3. The zero-order valence-electron chi connectivity index (χ0n) is 32.9. The van der Waals surface area contributed by atoms with E-state index in [1.54, 1.807) is 0 Å². The minimum atomic E-state index is -2.89. The van der Waals surface area contributed by atoms with Gasteiger partial charge in [0.1, 0.15) is 0 Å². The minimum absolute atomic E-state index is 0.131. The van der Waals surface area contributed by atoms with Crippen molar-refractivity contribution in [1.29, 1.82) is 0 Å². The van der Waals surface area contributed by atoms with Crippen LogP contribution in [0.1, 0.15) is 49.9 Å². The number of hydrogen-bond acceptors (Lipinski definition) is 2. The van der Waals surface area contributed by atoms with Crippen LogP contribution in [0, 0.1) is 0 Å². The molecule has 0 radical (unpaired) electrons. The van der Waals surface area contributed by atoms with Crippen LogP contribution in [0.3, 0.4) is 0 Å². The molecule has 0 saturated carbocycles. The normalized spacial score (nSPS) is 16.1. The van der Waals surface area contributed by atoms with Crippen molar-refractivity contribution in [2.24, 2.45) is 0 Å². The lowest BCUT2D eigenvalue weighted by molar-refractivity contribution is 0.632. The largest absolute Gasteiger partial charge is 0.310 e. The first-order chi connectivity index (χ1) is 27.8. The summed E-state index contributed by atoms with van der Waals surface area (Å²) < 4.78 is 0. The summed E-state index contributed by atoms with van der Waals surface area (Å²) >= 11 is 0. The van der Waals surface area contributed by atoms with Crippen molar-refractivity contribution < 1.29 is 0 Å². The van der Waals surface area contributed by atoms with E-state index in [0.29, 0.717) is 0 Å². The van der Waals surface area contributed by atoms with Gasteiger partial charge in [-0.25, -0.2) is 0 Å².